The molecule has 1 N–H and O–H groups in total. The lowest BCUT2D eigenvalue weighted by molar-refractivity contribution is -0.140. The maximum absolute atomic E-state index is 13.4. The number of amides is 1. The molecule has 0 spiro atoms. The SMILES string of the molecule is C=CCOc1ccc(C2/C(=C(\O)c3ccc(OCCCC)cc3C)C(=O)C(=O)N2CCCN2CCOCC2)cc1. The van der Waals surface area contributed by atoms with Crippen LogP contribution in [0.2, 0.25) is 0 Å². The molecule has 2 saturated heterocycles. The summed E-state index contributed by atoms with van der Waals surface area (Å²) in [7, 11) is 0. The molecule has 2 aliphatic heterocycles. The summed E-state index contributed by atoms with van der Waals surface area (Å²) in [4.78, 5) is 30.7. The van der Waals surface area contributed by atoms with Gasteiger partial charge in [0.1, 0.15) is 23.9 Å². The molecule has 0 aliphatic carbocycles. The van der Waals surface area contributed by atoms with Gasteiger partial charge >= 0.3 is 0 Å². The number of hydrogen-bond acceptors (Lipinski definition) is 7. The van der Waals surface area contributed by atoms with Crippen LogP contribution >= 0.6 is 0 Å². The van der Waals surface area contributed by atoms with Crippen molar-refractivity contribution in [1.82, 2.24) is 9.80 Å². The Morgan fingerprint density at radius 2 is 1.77 bits per heavy atom. The molecule has 0 bridgehead atoms. The summed E-state index contributed by atoms with van der Waals surface area (Å²) < 4.78 is 16.9. The van der Waals surface area contributed by atoms with E-state index in [0.717, 1.165) is 43.6 Å². The highest BCUT2D eigenvalue weighted by atomic mass is 16.5. The fourth-order valence-corrected chi connectivity index (χ4v) is 5.12. The number of aliphatic hydroxyl groups excluding tert-OH is 1. The van der Waals surface area contributed by atoms with Gasteiger partial charge in [-0.3, -0.25) is 14.5 Å². The molecular weight excluding hydrogens is 508 g/mol. The fraction of sp³-hybridized carbons (Fsp3) is 0.438. The predicted octanol–water partition coefficient (Wildman–Crippen LogP) is 4.88. The molecule has 2 aromatic carbocycles. The molecule has 4 rings (SSSR count). The summed E-state index contributed by atoms with van der Waals surface area (Å²) in [5, 5.41) is 11.5. The quantitative estimate of drug-likeness (QED) is 0.125. The molecule has 1 amide bonds. The predicted molar refractivity (Wildman–Crippen MR) is 155 cm³/mol. The van der Waals surface area contributed by atoms with Crippen LogP contribution < -0.4 is 9.47 Å². The van der Waals surface area contributed by atoms with E-state index < -0.39 is 17.7 Å². The van der Waals surface area contributed by atoms with Crippen LogP contribution in [0, 0.1) is 6.92 Å². The number of ether oxygens (including phenoxy) is 3. The van der Waals surface area contributed by atoms with E-state index in [2.05, 4.69) is 18.4 Å². The zero-order chi connectivity index (χ0) is 28.5. The van der Waals surface area contributed by atoms with Crippen molar-refractivity contribution < 1.29 is 28.9 Å². The van der Waals surface area contributed by atoms with Crippen molar-refractivity contribution in [2.24, 2.45) is 0 Å². The number of benzene rings is 2. The number of likely N-dealkylation sites (tertiary alicyclic amines) is 1. The van der Waals surface area contributed by atoms with Crippen molar-refractivity contribution in [2.75, 3.05) is 52.6 Å². The Morgan fingerprint density at radius 3 is 2.45 bits per heavy atom. The number of unbranched alkanes of at least 4 members (excludes halogenated alkanes) is 1. The summed E-state index contributed by atoms with van der Waals surface area (Å²) in [5.41, 5.74) is 2.09. The Balaban J connectivity index is 1.65. The number of hydrogen-bond donors (Lipinski definition) is 1. The number of morpholine rings is 1. The molecule has 0 saturated carbocycles. The summed E-state index contributed by atoms with van der Waals surface area (Å²) in [6.45, 7) is 12.9. The van der Waals surface area contributed by atoms with Crippen molar-refractivity contribution in [2.45, 2.75) is 39.2 Å². The number of Topliss-reactive ketones (excluding diaryl/α,β-unsaturated/α-hetero) is 1. The number of aryl methyl sites for hydroxylation is 1. The Kier molecular flexibility index (Phi) is 10.4. The second-order valence-electron chi connectivity index (χ2n) is 10.1. The average Bonchev–Trinajstić information content (AvgIpc) is 3.22. The van der Waals surface area contributed by atoms with Gasteiger partial charge in [0.05, 0.1) is 31.4 Å². The van der Waals surface area contributed by atoms with Gasteiger partial charge < -0.3 is 24.2 Å². The molecule has 1 unspecified atom stereocenters. The Labute approximate surface area is 236 Å². The Bertz CT molecular complexity index is 1220. The highest BCUT2D eigenvalue weighted by molar-refractivity contribution is 6.46. The maximum atomic E-state index is 13.4. The van der Waals surface area contributed by atoms with Crippen LogP contribution in [0.1, 0.15) is 48.9 Å². The number of ketones is 1. The van der Waals surface area contributed by atoms with Crippen LogP contribution in [0.5, 0.6) is 11.5 Å². The van der Waals surface area contributed by atoms with Crippen LogP contribution in [0.15, 0.2) is 60.7 Å². The molecule has 2 aromatic rings. The van der Waals surface area contributed by atoms with E-state index in [1.54, 1.807) is 35.2 Å². The van der Waals surface area contributed by atoms with Crippen LogP contribution in [0.25, 0.3) is 5.76 Å². The summed E-state index contributed by atoms with van der Waals surface area (Å²) in [5.74, 6) is -0.0926. The molecule has 1 atom stereocenters. The first-order valence-electron chi connectivity index (χ1n) is 14.1. The smallest absolute Gasteiger partial charge is 0.295 e. The topological polar surface area (TPSA) is 88.5 Å². The molecule has 2 aliphatic rings. The van der Waals surface area contributed by atoms with E-state index in [-0.39, 0.29) is 11.3 Å². The molecule has 40 heavy (non-hydrogen) atoms. The number of nitrogens with zero attached hydrogens (tertiary/aromatic N) is 2. The lowest BCUT2D eigenvalue weighted by Gasteiger charge is -2.29. The Morgan fingerprint density at radius 1 is 1.05 bits per heavy atom. The fourth-order valence-electron chi connectivity index (χ4n) is 5.12. The minimum atomic E-state index is -0.710. The standard InChI is InChI=1S/C32H40N2O6/c1-4-6-19-40-26-12-13-27(23(3)22-26)30(35)28-29(24-8-10-25(11-9-24)39-18-5-2)34(32(37)31(28)36)15-7-14-33-16-20-38-21-17-33/h5,8-13,22,29,35H,2,4,6-7,14-21H2,1,3H3/b30-28+. The van der Waals surface area contributed by atoms with Gasteiger partial charge in [-0.15, -0.1) is 0 Å². The highest BCUT2D eigenvalue weighted by Gasteiger charge is 2.46. The van der Waals surface area contributed by atoms with E-state index >= 15 is 0 Å². The summed E-state index contributed by atoms with van der Waals surface area (Å²) >= 11 is 0. The van der Waals surface area contributed by atoms with Crippen LogP contribution in [0.3, 0.4) is 0 Å². The molecule has 214 valence electrons. The lowest BCUT2D eigenvalue weighted by atomic mass is 9.93. The van der Waals surface area contributed by atoms with E-state index in [1.807, 2.05) is 25.1 Å². The third kappa shape index (κ3) is 6.92. The highest BCUT2D eigenvalue weighted by Crippen LogP contribution is 2.40. The molecule has 2 heterocycles. The zero-order valence-electron chi connectivity index (χ0n) is 23.6. The van der Waals surface area contributed by atoms with E-state index in [9.17, 15) is 14.7 Å². The zero-order valence-corrected chi connectivity index (χ0v) is 23.6. The van der Waals surface area contributed by atoms with Gasteiger partial charge in [0.15, 0.2) is 0 Å². The summed E-state index contributed by atoms with van der Waals surface area (Å²) in [6, 6.07) is 12.0. The van der Waals surface area contributed by atoms with Gasteiger partial charge in [-0.1, -0.05) is 38.1 Å². The van der Waals surface area contributed by atoms with Gasteiger partial charge in [-0.05, 0) is 61.2 Å². The maximum Gasteiger partial charge on any atom is 0.295 e. The summed E-state index contributed by atoms with van der Waals surface area (Å²) in [6.07, 6.45) is 4.35. The van der Waals surface area contributed by atoms with Crippen molar-refractivity contribution in [1.29, 1.82) is 0 Å². The van der Waals surface area contributed by atoms with Crippen LogP contribution in [-0.4, -0.2) is 79.2 Å². The van der Waals surface area contributed by atoms with E-state index in [4.69, 9.17) is 14.2 Å². The van der Waals surface area contributed by atoms with Crippen molar-refractivity contribution in [3.05, 3.63) is 77.4 Å². The third-order valence-electron chi connectivity index (χ3n) is 7.30. The molecule has 8 heteroatoms. The van der Waals surface area contributed by atoms with E-state index in [1.165, 1.54) is 0 Å². The molecule has 0 radical (unpaired) electrons. The molecule has 8 nitrogen and oxygen atoms in total. The first-order valence-corrected chi connectivity index (χ1v) is 14.1. The van der Waals surface area contributed by atoms with Gasteiger partial charge in [0, 0.05) is 31.7 Å². The first-order chi connectivity index (χ1) is 19.4. The normalized spacial score (nSPS) is 19.1. The molecule has 2 fully saturated rings. The van der Waals surface area contributed by atoms with Gasteiger partial charge in [0.25, 0.3) is 11.7 Å². The largest absolute Gasteiger partial charge is 0.507 e. The minimum Gasteiger partial charge on any atom is -0.507 e. The molecule has 0 aromatic heterocycles. The van der Waals surface area contributed by atoms with Gasteiger partial charge in [-0.2, -0.15) is 0 Å². The van der Waals surface area contributed by atoms with Gasteiger partial charge in [-0.25, -0.2) is 0 Å². The first kappa shape index (κ1) is 29.4. The van der Waals surface area contributed by atoms with Crippen molar-refractivity contribution in [3.63, 3.8) is 0 Å². The third-order valence-corrected chi connectivity index (χ3v) is 7.30. The number of rotatable bonds is 13. The second-order valence-corrected chi connectivity index (χ2v) is 10.1. The molecular formula is C32H40N2O6. The van der Waals surface area contributed by atoms with Crippen molar-refractivity contribution >= 4 is 17.4 Å². The minimum absolute atomic E-state index is 0.0962. The average molecular weight is 549 g/mol. The van der Waals surface area contributed by atoms with Crippen LogP contribution in [0.4, 0.5) is 0 Å². The monoisotopic (exact) mass is 548 g/mol. The lowest BCUT2D eigenvalue weighted by Crippen LogP contribution is -2.38. The Hall–Kier alpha value is -3.62. The van der Waals surface area contributed by atoms with Crippen molar-refractivity contribution in [3.8, 4) is 11.5 Å². The van der Waals surface area contributed by atoms with Crippen LogP contribution in [-0.2, 0) is 14.3 Å². The van der Waals surface area contributed by atoms with Gasteiger partial charge in [0.2, 0.25) is 0 Å². The number of aliphatic hydroxyl groups is 1. The second kappa shape index (κ2) is 14.1. The number of carbonyl (C=O) groups excluding carboxylic acids is 2. The number of carbonyl (C=O) groups is 2. The van der Waals surface area contributed by atoms with E-state index in [0.29, 0.717) is 56.5 Å².